The van der Waals surface area contributed by atoms with Crippen LogP contribution in [-0.2, 0) is 11.2 Å². The Morgan fingerprint density at radius 3 is 2.78 bits per heavy atom. The van der Waals surface area contributed by atoms with Gasteiger partial charge in [-0.05, 0) is 12.1 Å². The first kappa shape index (κ1) is 12.0. The summed E-state index contributed by atoms with van der Waals surface area (Å²) in [6.07, 6.45) is 5.10. The average Bonchev–Trinajstić information content (AvgIpc) is 2.77. The Balaban J connectivity index is 2.28. The third-order valence-corrected chi connectivity index (χ3v) is 2.67. The minimum absolute atomic E-state index is 0.531. The van der Waals surface area contributed by atoms with Crippen LogP contribution < -0.4 is 5.73 Å². The molecule has 0 aliphatic heterocycles. The van der Waals surface area contributed by atoms with E-state index < -0.39 is 5.97 Å². The molecule has 0 amide bonds. The van der Waals surface area contributed by atoms with Crippen molar-refractivity contribution in [1.29, 1.82) is 0 Å². The first-order chi connectivity index (χ1) is 8.68. The predicted octanol–water partition coefficient (Wildman–Crippen LogP) is 2.45. The smallest absolute Gasteiger partial charge is 0.327 e. The number of carbonyl (C=O) groups is 1. The Kier molecular flexibility index (Phi) is 3.48. The Bertz CT molecular complexity index is 585. The van der Waals surface area contributed by atoms with Crippen molar-refractivity contribution >= 4 is 11.7 Å². The quantitative estimate of drug-likeness (QED) is 0.569. The second-order valence-corrected chi connectivity index (χ2v) is 3.90. The molecule has 0 atom stereocenters. The largest absolute Gasteiger partial charge is 0.478 e. The normalized spacial score (nSPS) is 10.9. The number of anilines is 1. The van der Waals surface area contributed by atoms with Crippen molar-refractivity contribution in [2.45, 2.75) is 6.42 Å². The van der Waals surface area contributed by atoms with Gasteiger partial charge in [0.15, 0.2) is 0 Å². The Labute approximate surface area is 105 Å². The molecule has 92 valence electrons. The molecule has 0 saturated carbocycles. The number of hydrogen-bond donors (Lipinski definition) is 3. The number of nitrogens with one attached hydrogen (secondary N) is 1. The molecule has 0 fully saturated rings. The number of allylic oxidation sites excluding steroid dienone is 1. The standard InChI is InChI=1S/C14H14N2O2/c15-12-5-2-1-4-10(12)11-8-9-16-13(11)6-3-7-14(17)18/h1-5,7-9,16H,6,15H2,(H,17,18). The Morgan fingerprint density at radius 2 is 2.06 bits per heavy atom. The van der Waals surface area contributed by atoms with Crippen LogP contribution in [0.5, 0.6) is 0 Å². The molecule has 4 nitrogen and oxygen atoms in total. The topological polar surface area (TPSA) is 79.1 Å². The van der Waals surface area contributed by atoms with E-state index in [0.717, 1.165) is 22.9 Å². The van der Waals surface area contributed by atoms with Crippen LogP contribution in [0.4, 0.5) is 5.69 Å². The van der Waals surface area contributed by atoms with Gasteiger partial charge >= 0.3 is 5.97 Å². The highest BCUT2D eigenvalue weighted by Crippen LogP contribution is 2.28. The molecule has 4 heteroatoms. The lowest BCUT2D eigenvalue weighted by atomic mass is 10.0. The van der Waals surface area contributed by atoms with Crippen LogP contribution in [0.15, 0.2) is 48.7 Å². The second kappa shape index (κ2) is 5.23. The molecule has 2 aromatic rings. The Hall–Kier alpha value is -2.49. The van der Waals surface area contributed by atoms with Gasteiger partial charge in [0.2, 0.25) is 0 Å². The lowest BCUT2D eigenvalue weighted by Crippen LogP contribution is -1.92. The van der Waals surface area contributed by atoms with Gasteiger partial charge in [-0.25, -0.2) is 4.79 Å². The molecule has 1 aromatic carbocycles. The SMILES string of the molecule is Nc1ccccc1-c1cc[nH]c1CC=CC(=O)O. The zero-order valence-corrected chi connectivity index (χ0v) is 9.76. The van der Waals surface area contributed by atoms with E-state index in [1.807, 2.05) is 36.5 Å². The maximum atomic E-state index is 10.4. The van der Waals surface area contributed by atoms with Gasteiger partial charge in [-0.2, -0.15) is 0 Å². The highest BCUT2D eigenvalue weighted by atomic mass is 16.4. The van der Waals surface area contributed by atoms with Crippen LogP contribution >= 0.6 is 0 Å². The van der Waals surface area contributed by atoms with E-state index >= 15 is 0 Å². The summed E-state index contributed by atoms with van der Waals surface area (Å²) in [4.78, 5) is 13.5. The molecule has 0 radical (unpaired) electrons. The number of H-pyrrole nitrogens is 1. The van der Waals surface area contributed by atoms with Crippen molar-refractivity contribution in [3.63, 3.8) is 0 Å². The lowest BCUT2D eigenvalue weighted by molar-refractivity contribution is -0.131. The fourth-order valence-electron chi connectivity index (χ4n) is 1.85. The highest BCUT2D eigenvalue weighted by Gasteiger charge is 2.07. The summed E-state index contributed by atoms with van der Waals surface area (Å²) in [5.41, 5.74) is 9.55. The number of aliphatic carboxylic acids is 1. The minimum Gasteiger partial charge on any atom is -0.478 e. The molecule has 0 spiro atoms. The number of para-hydroxylation sites is 1. The van der Waals surface area contributed by atoms with Gasteiger partial charge < -0.3 is 15.8 Å². The van der Waals surface area contributed by atoms with E-state index in [0.29, 0.717) is 12.1 Å². The number of nitrogens with two attached hydrogens (primary N) is 1. The van der Waals surface area contributed by atoms with E-state index in [2.05, 4.69) is 4.98 Å². The van der Waals surface area contributed by atoms with Crippen LogP contribution in [0.2, 0.25) is 0 Å². The van der Waals surface area contributed by atoms with Crippen molar-refractivity contribution in [1.82, 2.24) is 4.98 Å². The summed E-state index contributed by atoms with van der Waals surface area (Å²) in [5.74, 6) is -0.942. The van der Waals surface area contributed by atoms with Crippen molar-refractivity contribution < 1.29 is 9.90 Å². The van der Waals surface area contributed by atoms with E-state index in [4.69, 9.17) is 10.8 Å². The van der Waals surface area contributed by atoms with Crippen molar-refractivity contribution in [2.75, 3.05) is 5.73 Å². The molecule has 0 aliphatic rings. The molecule has 0 unspecified atom stereocenters. The summed E-state index contributed by atoms with van der Waals surface area (Å²) in [7, 11) is 0. The fraction of sp³-hybridized carbons (Fsp3) is 0.0714. The predicted molar refractivity (Wildman–Crippen MR) is 71.1 cm³/mol. The van der Waals surface area contributed by atoms with Gasteiger partial charge in [-0.15, -0.1) is 0 Å². The number of aromatic amines is 1. The molecule has 0 aliphatic carbocycles. The monoisotopic (exact) mass is 242 g/mol. The van der Waals surface area contributed by atoms with E-state index in [1.165, 1.54) is 0 Å². The van der Waals surface area contributed by atoms with Gasteiger partial charge in [0.05, 0.1) is 0 Å². The van der Waals surface area contributed by atoms with Crippen molar-refractivity contribution in [3.8, 4) is 11.1 Å². The molecule has 1 aromatic heterocycles. The zero-order chi connectivity index (χ0) is 13.0. The number of nitrogen functional groups attached to an aromatic ring is 1. The number of carboxylic acids is 1. The molecular formula is C14H14N2O2. The van der Waals surface area contributed by atoms with Gasteiger partial charge in [-0.1, -0.05) is 24.3 Å². The van der Waals surface area contributed by atoms with Gasteiger partial charge in [0, 0.05) is 41.2 Å². The summed E-state index contributed by atoms with van der Waals surface area (Å²) >= 11 is 0. The maximum absolute atomic E-state index is 10.4. The van der Waals surface area contributed by atoms with Crippen LogP contribution in [0, 0.1) is 0 Å². The number of aromatic nitrogens is 1. The highest BCUT2D eigenvalue weighted by molar-refractivity contribution is 5.80. The van der Waals surface area contributed by atoms with Gasteiger partial charge in [-0.3, -0.25) is 0 Å². The van der Waals surface area contributed by atoms with E-state index in [-0.39, 0.29) is 0 Å². The van der Waals surface area contributed by atoms with Crippen LogP contribution in [0.3, 0.4) is 0 Å². The van der Waals surface area contributed by atoms with E-state index in [1.54, 1.807) is 6.08 Å². The second-order valence-electron chi connectivity index (χ2n) is 3.90. The molecule has 0 saturated heterocycles. The number of carboxylic acid groups (broad SMARTS) is 1. The average molecular weight is 242 g/mol. The minimum atomic E-state index is -0.942. The van der Waals surface area contributed by atoms with Crippen LogP contribution in [0.25, 0.3) is 11.1 Å². The molecule has 0 bridgehead atoms. The molecule has 2 rings (SSSR count). The molecular weight excluding hydrogens is 228 g/mol. The third-order valence-electron chi connectivity index (χ3n) is 2.67. The molecule has 18 heavy (non-hydrogen) atoms. The summed E-state index contributed by atoms with van der Waals surface area (Å²) in [6, 6.07) is 9.54. The van der Waals surface area contributed by atoms with Gasteiger partial charge in [0.1, 0.15) is 0 Å². The number of benzene rings is 1. The lowest BCUT2D eigenvalue weighted by Gasteiger charge is -2.05. The van der Waals surface area contributed by atoms with Crippen LogP contribution in [0.1, 0.15) is 5.69 Å². The molecule has 1 heterocycles. The van der Waals surface area contributed by atoms with Gasteiger partial charge in [0.25, 0.3) is 0 Å². The number of rotatable bonds is 4. The fourth-order valence-corrected chi connectivity index (χ4v) is 1.85. The third kappa shape index (κ3) is 2.60. The van der Waals surface area contributed by atoms with Crippen molar-refractivity contribution in [3.05, 3.63) is 54.4 Å². The Morgan fingerprint density at radius 1 is 1.28 bits per heavy atom. The molecule has 4 N–H and O–H groups in total. The summed E-state index contributed by atoms with van der Waals surface area (Å²) in [5, 5.41) is 8.56. The van der Waals surface area contributed by atoms with E-state index in [9.17, 15) is 4.79 Å². The first-order valence-corrected chi connectivity index (χ1v) is 5.59. The zero-order valence-electron chi connectivity index (χ0n) is 9.76. The van der Waals surface area contributed by atoms with Crippen LogP contribution in [-0.4, -0.2) is 16.1 Å². The summed E-state index contributed by atoms with van der Waals surface area (Å²) in [6.45, 7) is 0. The first-order valence-electron chi connectivity index (χ1n) is 5.59. The maximum Gasteiger partial charge on any atom is 0.327 e. The summed E-state index contributed by atoms with van der Waals surface area (Å²) < 4.78 is 0. The van der Waals surface area contributed by atoms with Crippen molar-refractivity contribution in [2.24, 2.45) is 0 Å². The number of hydrogen-bond acceptors (Lipinski definition) is 2.